The van der Waals surface area contributed by atoms with Crippen LogP contribution < -0.4 is 10.6 Å². The SMILES string of the molecule is CCC(NC(=O)NC(C)CC(O)c1ccccc1)c1nccs1. The molecular weight excluding hydrogens is 310 g/mol. The molecule has 1 aromatic carbocycles. The van der Waals surface area contributed by atoms with E-state index in [2.05, 4.69) is 15.6 Å². The van der Waals surface area contributed by atoms with Gasteiger partial charge in [-0.1, -0.05) is 37.3 Å². The Morgan fingerprint density at radius 2 is 2.04 bits per heavy atom. The van der Waals surface area contributed by atoms with Crippen molar-refractivity contribution in [3.05, 3.63) is 52.5 Å². The Hall–Kier alpha value is -1.92. The van der Waals surface area contributed by atoms with Crippen LogP contribution in [0.4, 0.5) is 4.79 Å². The molecule has 2 aromatic rings. The smallest absolute Gasteiger partial charge is 0.315 e. The van der Waals surface area contributed by atoms with Gasteiger partial charge < -0.3 is 15.7 Å². The molecule has 0 radical (unpaired) electrons. The summed E-state index contributed by atoms with van der Waals surface area (Å²) < 4.78 is 0. The standard InChI is InChI=1S/C17H23N3O2S/c1-3-14(16-18-9-10-23-16)20-17(22)19-12(2)11-15(21)13-7-5-4-6-8-13/h4-10,12,14-15,21H,3,11H2,1-2H3,(H2,19,20,22). The summed E-state index contributed by atoms with van der Waals surface area (Å²) >= 11 is 1.53. The van der Waals surface area contributed by atoms with E-state index >= 15 is 0 Å². The van der Waals surface area contributed by atoms with Crippen molar-refractivity contribution >= 4 is 17.4 Å². The summed E-state index contributed by atoms with van der Waals surface area (Å²) in [5, 5.41) is 18.8. The van der Waals surface area contributed by atoms with E-state index in [1.165, 1.54) is 11.3 Å². The number of amides is 2. The predicted octanol–water partition coefficient (Wildman–Crippen LogP) is 3.41. The van der Waals surface area contributed by atoms with Gasteiger partial charge in [0.1, 0.15) is 5.01 Å². The van der Waals surface area contributed by atoms with Crippen LogP contribution in [0.15, 0.2) is 41.9 Å². The maximum Gasteiger partial charge on any atom is 0.315 e. The number of hydrogen-bond donors (Lipinski definition) is 3. The zero-order valence-corrected chi connectivity index (χ0v) is 14.2. The zero-order chi connectivity index (χ0) is 16.7. The number of carbonyl (C=O) groups excluding carboxylic acids is 1. The molecule has 124 valence electrons. The minimum Gasteiger partial charge on any atom is -0.388 e. The molecule has 1 heterocycles. The Morgan fingerprint density at radius 3 is 2.65 bits per heavy atom. The number of aromatic nitrogens is 1. The largest absolute Gasteiger partial charge is 0.388 e. The van der Waals surface area contributed by atoms with E-state index in [4.69, 9.17) is 0 Å². The summed E-state index contributed by atoms with van der Waals surface area (Å²) in [6, 6.07) is 9.00. The fraction of sp³-hybridized carbons (Fsp3) is 0.412. The van der Waals surface area contributed by atoms with E-state index in [9.17, 15) is 9.90 Å². The lowest BCUT2D eigenvalue weighted by molar-refractivity contribution is 0.154. The van der Waals surface area contributed by atoms with E-state index in [1.807, 2.05) is 49.6 Å². The number of aliphatic hydroxyl groups excluding tert-OH is 1. The zero-order valence-electron chi connectivity index (χ0n) is 13.4. The van der Waals surface area contributed by atoms with Crippen LogP contribution in [0.1, 0.15) is 49.4 Å². The first-order valence-corrected chi connectivity index (χ1v) is 8.67. The predicted molar refractivity (Wildman–Crippen MR) is 92.3 cm³/mol. The van der Waals surface area contributed by atoms with Gasteiger partial charge in [-0.3, -0.25) is 0 Å². The molecule has 0 spiro atoms. The summed E-state index contributed by atoms with van der Waals surface area (Å²) in [7, 11) is 0. The molecule has 0 aliphatic heterocycles. The van der Waals surface area contributed by atoms with E-state index in [1.54, 1.807) is 6.20 Å². The number of benzene rings is 1. The number of aliphatic hydroxyl groups is 1. The number of urea groups is 1. The maximum absolute atomic E-state index is 12.1. The molecule has 0 fully saturated rings. The molecular formula is C17H23N3O2S. The first-order chi connectivity index (χ1) is 11.1. The number of rotatable bonds is 7. The number of hydrogen-bond acceptors (Lipinski definition) is 4. The minimum absolute atomic E-state index is 0.0822. The van der Waals surface area contributed by atoms with Gasteiger partial charge in [0, 0.05) is 17.6 Å². The number of thiazole rings is 1. The van der Waals surface area contributed by atoms with Crippen LogP contribution in [0, 0.1) is 0 Å². The fourth-order valence-corrected chi connectivity index (χ4v) is 3.15. The average Bonchev–Trinajstić information content (AvgIpc) is 3.07. The highest BCUT2D eigenvalue weighted by Crippen LogP contribution is 2.19. The second-order valence-electron chi connectivity index (χ2n) is 5.51. The van der Waals surface area contributed by atoms with Gasteiger partial charge in [0.15, 0.2) is 0 Å². The summed E-state index contributed by atoms with van der Waals surface area (Å²) in [5.74, 6) is 0. The molecule has 0 saturated carbocycles. The number of carbonyl (C=O) groups is 1. The highest BCUT2D eigenvalue weighted by Gasteiger charge is 2.18. The Labute approximate surface area is 140 Å². The van der Waals surface area contributed by atoms with Crippen molar-refractivity contribution in [1.29, 1.82) is 0 Å². The lowest BCUT2D eigenvalue weighted by atomic mass is 10.0. The van der Waals surface area contributed by atoms with Gasteiger partial charge in [-0.15, -0.1) is 11.3 Å². The van der Waals surface area contributed by atoms with Gasteiger partial charge in [-0.25, -0.2) is 9.78 Å². The van der Waals surface area contributed by atoms with Crippen molar-refractivity contribution in [2.45, 2.75) is 44.9 Å². The molecule has 0 bridgehead atoms. The normalized spacial score (nSPS) is 14.7. The van der Waals surface area contributed by atoms with Crippen molar-refractivity contribution in [1.82, 2.24) is 15.6 Å². The van der Waals surface area contributed by atoms with E-state index < -0.39 is 6.10 Å². The molecule has 0 aliphatic rings. The first kappa shape index (κ1) is 17.4. The molecule has 23 heavy (non-hydrogen) atoms. The monoisotopic (exact) mass is 333 g/mol. The highest BCUT2D eigenvalue weighted by atomic mass is 32.1. The molecule has 6 heteroatoms. The van der Waals surface area contributed by atoms with Gasteiger partial charge in [0.2, 0.25) is 0 Å². The summed E-state index contributed by atoms with van der Waals surface area (Å²) in [6.07, 6.45) is 2.39. The van der Waals surface area contributed by atoms with Gasteiger partial charge in [0.25, 0.3) is 0 Å². The Balaban J connectivity index is 1.82. The lowest BCUT2D eigenvalue weighted by Gasteiger charge is -2.20. The maximum atomic E-state index is 12.1. The minimum atomic E-state index is -0.590. The van der Waals surface area contributed by atoms with Gasteiger partial charge in [0.05, 0.1) is 12.1 Å². The second kappa shape index (κ2) is 8.64. The quantitative estimate of drug-likeness (QED) is 0.727. The Kier molecular flexibility index (Phi) is 6.55. The second-order valence-corrected chi connectivity index (χ2v) is 6.44. The number of nitrogens with one attached hydrogen (secondary N) is 2. The van der Waals surface area contributed by atoms with Crippen molar-refractivity contribution in [2.75, 3.05) is 0 Å². The molecule has 3 unspecified atom stereocenters. The van der Waals surface area contributed by atoms with Gasteiger partial charge in [-0.05, 0) is 25.3 Å². The Morgan fingerprint density at radius 1 is 1.30 bits per heavy atom. The topological polar surface area (TPSA) is 74.2 Å². The summed E-state index contributed by atoms with van der Waals surface area (Å²) in [6.45, 7) is 3.89. The third kappa shape index (κ3) is 5.33. The number of nitrogens with zero attached hydrogens (tertiary/aromatic N) is 1. The van der Waals surface area contributed by atoms with Crippen LogP contribution in [0.5, 0.6) is 0 Å². The van der Waals surface area contributed by atoms with Crippen LogP contribution >= 0.6 is 11.3 Å². The van der Waals surface area contributed by atoms with Crippen LogP contribution in [0.3, 0.4) is 0 Å². The van der Waals surface area contributed by atoms with E-state index in [-0.39, 0.29) is 18.1 Å². The summed E-state index contributed by atoms with van der Waals surface area (Å²) in [4.78, 5) is 16.4. The third-order valence-corrected chi connectivity index (χ3v) is 4.49. The Bertz CT molecular complexity index is 589. The average molecular weight is 333 g/mol. The molecule has 1 aromatic heterocycles. The van der Waals surface area contributed by atoms with Crippen LogP contribution in [0.25, 0.3) is 0 Å². The van der Waals surface area contributed by atoms with E-state index in [0.717, 1.165) is 17.0 Å². The van der Waals surface area contributed by atoms with Crippen molar-refractivity contribution in [3.63, 3.8) is 0 Å². The molecule has 2 rings (SSSR count). The van der Waals surface area contributed by atoms with Crippen molar-refractivity contribution in [2.24, 2.45) is 0 Å². The molecule has 2 amide bonds. The van der Waals surface area contributed by atoms with Crippen LogP contribution in [0.2, 0.25) is 0 Å². The van der Waals surface area contributed by atoms with Gasteiger partial charge in [-0.2, -0.15) is 0 Å². The van der Waals surface area contributed by atoms with Crippen molar-refractivity contribution < 1.29 is 9.90 Å². The first-order valence-electron chi connectivity index (χ1n) is 7.79. The molecule has 0 aliphatic carbocycles. The van der Waals surface area contributed by atoms with Gasteiger partial charge >= 0.3 is 6.03 Å². The lowest BCUT2D eigenvalue weighted by Crippen LogP contribution is -2.42. The van der Waals surface area contributed by atoms with E-state index in [0.29, 0.717) is 6.42 Å². The van der Waals surface area contributed by atoms with Crippen LogP contribution in [-0.4, -0.2) is 22.2 Å². The summed E-state index contributed by atoms with van der Waals surface area (Å²) in [5.41, 5.74) is 0.857. The third-order valence-electron chi connectivity index (χ3n) is 3.60. The van der Waals surface area contributed by atoms with Crippen LogP contribution in [-0.2, 0) is 0 Å². The molecule has 3 atom stereocenters. The molecule has 3 N–H and O–H groups in total. The molecule has 0 saturated heterocycles. The highest BCUT2D eigenvalue weighted by molar-refractivity contribution is 7.09. The molecule has 5 nitrogen and oxygen atoms in total. The van der Waals surface area contributed by atoms with Crippen molar-refractivity contribution in [3.8, 4) is 0 Å². The fourth-order valence-electron chi connectivity index (χ4n) is 2.37.